The van der Waals surface area contributed by atoms with E-state index < -0.39 is 0 Å². The zero-order valence-corrected chi connectivity index (χ0v) is 18.1. The quantitative estimate of drug-likeness (QED) is 0.590. The summed E-state index contributed by atoms with van der Waals surface area (Å²) in [5.74, 6) is 0.692. The van der Waals surface area contributed by atoms with Crippen LogP contribution in [0, 0.1) is 20.8 Å². The second-order valence-electron chi connectivity index (χ2n) is 7.63. The maximum atomic E-state index is 13.6. The van der Waals surface area contributed by atoms with Gasteiger partial charge in [0.2, 0.25) is 0 Å². The molecule has 5 nitrogen and oxygen atoms in total. The minimum atomic E-state index is -0.0336. The number of amides is 1. The highest BCUT2D eigenvalue weighted by Gasteiger charge is 2.28. The number of carbonyl (C=O) groups is 1. The zero-order valence-electron chi connectivity index (χ0n) is 17.3. The molecule has 6 heteroatoms. The Balaban J connectivity index is 1.79. The van der Waals surface area contributed by atoms with E-state index in [9.17, 15) is 4.79 Å². The van der Waals surface area contributed by atoms with Crippen molar-refractivity contribution in [2.45, 2.75) is 39.7 Å². The van der Waals surface area contributed by atoms with Crippen LogP contribution in [0.4, 0.5) is 5.13 Å². The van der Waals surface area contributed by atoms with Crippen LogP contribution in [0.3, 0.4) is 0 Å². The lowest BCUT2D eigenvalue weighted by molar-refractivity contribution is 0.0917. The van der Waals surface area contributed by atoms with Gasteiger partial charge in [-0.15, -0.1) is 0 Å². The van der Waals surface area contributed by atoms with Crippen LogP contribution in [0.25, 0.3) is 10.2 Å². The second-order valence-corrected chi connectivity index (χ2v) is 8.61. The molecule has 1 aromatic heterocycles. The van der Waals surface area contributed by atoms with Crippen molar-refractivity contribution in [3.05, 3.63) is 52.6 Å². The third kappa shape index (κ3) is 3.87. The topological polar surface area (TPSA) is 51.7 Å². The van der Waals surface area contributed by atoms with Gasteiger partial charge in [-0.2, -0.15) is 0 Å². The number of aryl methyl sites for hydroxylation is 3. The van der Waals surface area contributed by atoms with Crippen LogP contribution in [-0.2, 0) is 4.74 Å². The number of hydrogen-bond donors (Lipinski definition) is 0. The average molecular weight is 411 g/mol. The lowest BCUT2D eigenvalue weighted by atomic mass is 10.0. The molecular weight excluding hydrogens is 384 g/mol. The van der Waals surface area contributed by atoms with Crippen molar-refractivity contribution in [2.24, 2.45) is 0 Å². The van der Waals surface area contributed by atoms with E-state index in [2.05, 4.69) is 6.92 Å². The minimum Gasteiger partial charge on any atom is -0.494 e. The van der Waals surface area contributed by atoms with Crippen LogP contribution in [0.1, 0.15) is 39.9 Å². The van der Waals surface area contributed by atoms with E-state index in [1.807, 2.05) is 44.2 Å². The fraction of sp³-hybridized carbons (Fsp3) is 0.391. The number of aromatic nitrogens is 1. The van der Waals surface area contributed by atoms with Gasteiger partial charge in [0.1, 0.15) is 11.3 Å². The first-order valence-electron chi connectivity index (χ1n) is 9.92. The van der Waals surface area contributed by atoms with E-state index in [1.165, 1.54) is 11.3 Å². The Labute approximate surface area is 175 Å². The Morgan fingerprint density at radius 3 is 2.76 bits per heavy atom. The largest absolute Gasteiger partial charge is 0.494 e. The number of ether oxygens (including phenoxy) is 2. The molecule has 4 rings (SSSR count). The molecule has 1 unspecified atom stereocenters. The number of nitrogens with zero attached hydrogens (tertiary/aromatic N) is 2. The molecule has 2 aromatic carbocycles. The highest BCUT2D eigenvalue weighted by atomic mass is 32.1. The van der Waals surface area contributed by atoms with Gasteiger partial charge in [-0.3, -0.25) is 9.69 Å². The normalized spacial score (nSPS) is 16.3. The molecule has 1 aliphatic heterocycles. The summed E-state index contributed by atoms with van der Waals surface area (Å²) in [6, 6.07) is 9.89. The summed E-state index contributed by atoms with van der Waals surface area (Å²) in [6.07, 6.45) is 2.03. The molecule has 29 heavy (non-hydrogen) atoms. The Hall–Kier alpha value is -2.44. The maximum Gasteiger partial charge on any atom is 0.260 e. The van der Waals surface area contributed by atoms with Crippen LogP contribution in [-0.4, -0.2) is 37.3 Å². The lowest BCUT2D eigenvalue weighted by Crippen LogP contribution is -2.37. The van der Waals surface area contributed by atoms with E-state index in [0.29, 0.717) is 17.2 Å². The van der Waals surface area contributed by atoms with E-state index in [4.69, 9.17) is 14.5 Å². The number of rotatable bonds is 5. The number of anilines is 1. The van der Waals surface area contributed by atoms with E-state index in [1.54, 1.807) is 12.0 Å². The van der Waals surface area contributed by atoms with Crippen LogP contribution in [0.5, 0.6) is 5.75 Å². The van der Waals surface area contributed by atoms with Gasteiger partial charge in [-0.1, -0.05) is 35.1 Å². The monoisotopic (exact) mass is 410 g/mol. The molecule has 1 atom stereocenters. The first-order chi connectivity index (χ1) is 14.0. The van der Waals surface area contributed by atoms with Gasteiger partial charge in [0.15, 0.2) is 5.13 Å². The maximum absolute atomic E-state index is 13.6. The summed E-state index contributed by atoms with van der Waals surface area (Å²) in [4.78, 5) is 20.2. The minimum absolute atomic E-state index is 0.0336. The van der Waals surface area contributed by atoms with Crippen LogP contribution in [0.15, 0.2) is 30.3 Å². The molecule has 152 valence electrons. The molecule has 1 amide bonds. The first kappa shape index (κ1) is 19.9. The smallest absolute Gasteiger partial charge is 0.260 e. The van der Waals surface area contributed by atoms with Crippen molar-refractivity contribution in [3.8, 4) is 5.75 Å². The predicted molar refractivity (Wildman–Crippen MR) is 117 cm³/mol. The molecule has 1 aliphatic rings. The number of carbonyl (C=O) groups excluding carboxylic acids is 1. The Kier molecular flexibility index (Phi) is 5.56. The molecule has 1 saturated heterocycles. The molecular formula is C23H26N2O3S. The molecule has 0 saturated carbocycles. The fourth-order valence-corrected chi connectivity index (χ4v) is 4.88. The standard InChI is InChI=1S/C23H26N2O3S/c1-14-7-9-18(16(3)12-14)22(26)25(13-17-6-5-11-28-17)23-24-20-19(27-4)10-8-15(2)21(20)29-23/h7-10,12,17H,5-6,11,13H2,1-4H3. The summed E-state index contributed by atoms with van der Waals surface area (Å²) in [6.45, 7) is 7.33. The third-order valence-electron chi connectivity index (χ3n) is 5.41. The van der Waals surface area contributed by atoms with E-state index in [-0.39, 0.29) is 12.0 Å². The molecule has 0 bridgehead atoms. The van der Waals surface area contributed by atoms with Gasteiger partial charge in [0, 0.05) is 12.2 Å². The van der Waals surface area contributed by atoms with Gasteiger partial charge >= 0.3 is 0 Å². The average Bonchev–Trinajstić information content (AvgIpc) is 3.36. The Bertz CT molecular complexity index is 1050. The Morgan fingerprint density at radius 2 is 2.07 bits per heavy atom. The second kappa shape index (κ2) is 8.13. The molecule has 0 aliphatic carbocycles. The SMILES string of the molecule is COc1ccc(C)c2sc(N(CC3CCCO3)C(=O)c3ccc(C)cc3C)nc12. The summed E-state index contributed by atoms with van der Waals surface area (Å²) in [5.41, 5.74) is 4.75. The highest BCUT2D eigenvalue weighted by Crippen LogP contribution is 2.37. The highest BCUT2D eigenvalue weighted by molar-refractivity contribution is 7.22. The van der Waals surface area contributed by atoms with Gasteiger partial charge in [0.25, 0.3) is 5.91 Å². The molecule has 3 aromatic rings. The molecule has 2 heterocycles. The van der Waals surface area contributed by atoms with Crippen molar-refractivity contribution in [1.82, 2.24) is 4.98 Å². The van der Waals surface area contributed by atoms with Gasteiger partial charge in [0.05, 0.1) is 24.5 Å². The molecule has 1 fully saturated rings. The first-order valence-corrected chi connectivity index (χ1v) is 10.7. The molecule has 0 radical (unpaired) electrons. The molecule has 0 N–H and O–H groups in total. The van der Waals surface area contributed by atoms with E-state index >= 15 is 0 Å². The third-order valence-corrected chi connectivity index (χ3v) is 6.62. The van der Waals surface area contributed by atoms with Crippen LogP contribution < -0.4 is 9.64 Å². The van der Waals surface area contributed by atoms with Gasteiger partial charge < -0.3 is 9.47 Å². The number of methoxy groups -OCH3 is 1. The van der Waals surface area contributed by atoms with Crippen LogP contribution >= 0.6 is 11.3 Å². The van der Waals surface area contributed by atoms with Gasteiger partial charge in [-0.05, 0) is 56.9 Å². The summed E-state index contributed by atoms with van der Waals surface area (Å²) >= 11 is 1.54. The number of benzene rings is 2. The van der Waals surface area contributed by atoms with E-state index in [0.717, 1.165) is 52.1 Å². The zero-order chi connectivity index (χ0) is 20.5. The number of thiazole rings is 1. The Morgan fingerprint density at radius 1 is 1.24 bits per heavy atom. The summed E-state index contributed by atoms with van der Waals surface area (Å²) < 4.78 is 12.4. The summed E-state index contributed by atoms with van der Waals surface area (Å²) in [7, 11) is 1.65. The van der Waals surface area contributed by atoms with Crippen LogP contribution in [0.2, 0.25) is 0 Å². The van der Waals surface area contributed by atoms with Crippen molar-refractivity contribution in [3.63, 3.8) is 0 Å². The van der Waals surface area contributed by atoms with Crippen molar-refractivity contribution >= 4 is 32.6 Å². The lowest BCUT2D eigenvalue weighted by Gasteiger charge is -2.24. The van der Waals surface area contributed by atoms with Crippen molar-refractivity contribution in [2.75, 3.05) is 25.2 Å². The number of fused-ring (bicyclic) bond motifs is 1. The number of hydrogen-bond acceptors (Lipinski definition) is 5. The summed E-state index contributed by atoms with van der Waals surface area (Å²) in [5, 5.41) is 0.688. The predicted octanol–water partition coefficient (Wildman–Crippen LogP) is 5.06. The molecule has 0 spiro atoms. The van der Waals surface area contributed by atoms with Crippen molar-refractivity contribution in [1.29, 1.82) is 0 Å². The van der Waals surface area contributed by atoms with Gasteiger partial charge in [-0.25, -0.2) is 4.98 Å². The van der Waals surface area contributed by atoms with Crippen molar-refractivity contribution < 1.29 is 14.3 Å². The fourth-order valence-electron chi connectivity index (χ4n) is 3.82.